The van der Waals surface area contributed by atoms with Gasteiger partial charge >= 0.3 is 0 Å². The number of benzene rings is 3. The number of rotatable bonds is 10. The number of methoxy groups -OCH3 is 1. The fourth-order valence-electron chi connectivity index (χ4n) is 5.57. The highest BCUT2D eigenvalue weighted by Gasteiger charge is 2.33. The second kappa shape index (κ2) is 13.9. The highest BCUT2D eigenvalue weighted by Crippen LogP contribution is 2.39. The molecule has 0 saturated carbocycles. The van der Waals surface area contributed by atoms with Crippen molar-refractivity contribution in [1.82, 2.24) is 10.2 Å². The van der Waals surface area contributed by atoms with Crippen molar-refractivity contribution in [2.45, 2.75) is 43.0 Å². The number of thioether (sulfide) groups is 1. The maximum Gasteiger partial charge on any atom is 0.231 e. The summed E-state index contributed by atoms with van der Waals surface area (Å²) in [4.78, 5) is 32.4. The Labute approximate surface area is 242 Å². The lowest BCUT2D eigenvalue weighted by atomic mass is 10.0. The molecule has 2 amide bonds. The second-order valence-electron chi connectivity index (χ2n) is 10.7. The SMILES string of the molecule is COc1ccc2c(c1)SCC(CC(=O)NC1CCN(CCc3ccccc3)CC1)C(=O)N2CCc1ccccc1. The van der Waals surface area contributed by atoms with Gasteiger partial charge in [-0.15, -0.1) is 11.8 Å². The first-order valence-electron chi connectivity index (χ1n) is 14.3. The Morgan fingerprint density at radius 1 is 0.925 bits per heavy atom. The summed E-state index contributed by atoms with van der Waals surface area (Å²) in [6, 6.07) is 26.9. The molecule has 1 atom stereocenters. The normalized spacial score (nSPS) is 18.2. The van der Waals surface area contributed by atoms with E-state index in [0.717, 1.165) is 61.6 Å². The molecule has 5 rings (SSSR count). The predicted molar refractivity (Wildman–Crippen MR) is 162 cm³/mol. The van der Waals surface area contributed by atoms with Crippen LogP contribution in [0.2, 0.25) is 0 Å². The molecule has 1 unspecified atom stereocenters. The summed E-state index contributed by atoms with van der Waals surface area (Å²) in [5.41, 5.74) is 3.45. The molecule has 40 heavy (non-hydrogen) atoms. The molecule has 0 aromatic heterocycles. The van der Waals surface area contributed by atoms with E-state index in [2.05, 4.69) is 52.7 Å². The maximum atomic E-state index is 13.8. The molecule has 1 N–H and O–H groups in total. The van der Waals surface area contributed by atoms with Crippen LogP contribution in [-0.4, -0.2) is 61.8 Å². The van der Waals surface area contributed by atoms with Crippen molar-refractivity contribution < 1.29 is 14.3 Å². The zero-order valence-electron chi connectivity index (χ0n) is 23.3. The average Bonchev–Trinajstić information content (AvgIpc) is 3.12. The summed E-state index contributed by atoms with van der Waals surface area (Å²) in [6.07, 6.45) is 3.91. The van der Waals surface area contributed by atoms with Crippen molar-refractivity contribution in [2.75, 3.05) is 43.9 Å². The van der Waals surface area contributed by atoms with E-state index in [-0.39, 0.29) is 30.2 Å². The van der Waals surface area contributed by atoms with Crippen molar-refractivity contribution in [1.29, 1.82) is 0 Å². The largest absolute Gasteiger partial charge is 0.497 e. The van der Waals surface area contributed by atoms with Gasteiger partial charge in [0.05, 0.1) is 18.7 Å². The molecule has 1 saturated heterocycles. The summed E-state index contributed by atoms with van der Waals surface area (Å²) in [5, 5.41) is 3.25. The van der Waals surface area contributed by atoms with Gasteiger partial charge in [0.2, 0.25) is 11.8 Å². The predicted octanol–water partition coefficient (Wildman–Crippen LogP) is 5.21. The molecular formula is C33H39N3O3S. The summed E-state index contributed by atoms with van der Waals surface area (Å²) < 4.78 is 5.45. The minimum absolute atomic E-state index is 0.0202. The quantitative estimate of drug-likeness (QED) is 0.371. The number of anilines is 1. The molecule has 3 aromatic rings. The lowest BCUT2D eigenvalue weighted by Gasteiger charge is -2.32. The molecule has 3 aromatic carbocycles. The molecule has 2 heterocycles. The summed E-state index contributed by atoms with van der Waals surface area (Å²) in [7, 11) is 1.66. The molecule has 6 nitrogen and oxygen atoms in total. The molecular weight excluding hydrogens is 518 g/mol. The molecule has 0 bridgehead atoms. The number of carbonyl (C=O) groups is 2. The van der Waals surface area contributed by atoms with Crippen LogP contribution in [0.4, 0.5) is 5.69 Å². The monoisotopic (exact) mass is 557 g/mol. The van der Waals surface area contributed by atoms with Gasteiger partial charge in [0, 0.05) is 49.3 Å². The Morgan fingerprint density at radius 3 is 2.23 bits per heavy atom. The standard InChI is InChI=1S/C33H39N3O3S/c1-39-29-12-13-30-31(23-29)40-24-27(33(38)36(30)21-15-26-10-6-3-7-11-26)22-32(37)34-28-16-19-35(20-17-28)18-14-25-8-4-2-5-9-25/h2-13,23,27-28H,14-22,24H2,1H3,(H,34,37). The van der Waals surface area contributed by atoms with Gasteiger partial charge in [-0.05, 0) is 55.0 Å². The van der Waals surface area contributed by atoms with Gasteiger partial charge in [0.15, 0.2) is 0 Å². The highest BCUT2D eigenvalue weighted by molar-refractivity contribution is 7.99. The fourth-order valence-corrected chi connectivity index (χ4v) is 6.73. The second-order valence-corrected chi connectivity index (χ2v) is 11.8. The summed E-state index contributed by atoms with van der Waals surface area (Å²) in [5.74, 6) is 0.983. The number of ether oxygens (including phenoxy) is 1. The van der Waals surface area contributed by atoms with Crippen molar-refractivity contribution >= 4 is 29.3 Å². The molecule has 2 aliphatic heterocycles. The molecule has 0 aliphatic carbocycles. The van der Waals surface area contributed by atoms with Gasteiger partial charge in [0.1, 0.15) is 5.75 Å². The molecule has 210 valence electrons. The van der Waals surface area contributed by atoms with Crippen LogP contribution in [0.1, 0.15) is 30.4 Å². The third-order valence-electron chi connectivity index (χ3n) is 7.92. The zero-order chi connectivity index (χ0) is 27.7. The number of piperidine rings is 1. The number of amides is 2. The number of fused-ring (bicyclic) bond motifs is 1. The van der Waals surface area contributed by atoms with Gasteiger partial charge in [-0.3, -0.25) is 9.59 Å². The van der Waals surface area contributed by atoms with Crippen LogP contribution in [-0.2, 0) is 22.4 Å². The first-order chi connectivity index (χ1) is 19.6. The van der Waals surface area contributed by atoms with Crippen LogP contribution in [0.15, 0.2) is 83.8 Å². The zero-order valence-corrected chi connectivity index (χ0v) is 24.1. The smallest absolute Gasteiger partial charge is 0.231 e. The minimum atomic E-state index is -0.370. The first-order valence-corrected chi connectivity index (χ1v) is 15.3. The van der Waals surface area contributed by atoms with E-state index < -0.39 is 0 Å². The highest BCUT2D eigenvalue weighted by atomic mass is 32.2. The Kier molecular flexibility index (Phi) is 9.79. The lowest BCUT2D eigenvalue weighted by molar-refractivity contribution is -0.128. The van der Waals surface area contributed by atoms with Crippen LogP contribution in [0.3, 0.4) is 0 Å². The van der Waals surface area contributed by atoms with E-state index in [1.165, 1.54) is 11.1 Å². The van der Waals surface area contributed by atoms with Crippen LogP contribution >= 0.6 is 11.8 Å². The molecule has 7 heteroatoms. The van der Waals surface area contributed by atoms with Crippen LogP contribution in [0.25, 0.3) is 0 Å². The number of likely N-dealkylation sites (tertiary alicyclic amines) is 1. The van der Waals surface area contributed by atoms with E-state index in [4.69, 9.17) is 4.74 Å². The fraction of sp³-hybridized carbons (Fsp3) is 0.394. The average molecular weight is 558 g/mol. The maximum absolute atomic E-state index is 13.8. The van der Waals surface area contributed by atoms with Crippen molar-refractivity contribution in [2.24, 2.45) is 5.92 Å². The Bertz CT molecular complexity index is 1260. The molecule has 0 spiro atoms. The third kappa shape index (κ3) is 7.46. The summed E-state index contributed by atoms with van der Waals surface area (Å²) in [6.45, 7) is 3.59. The third-order valence-corrected chi connectivity index (χ3v) is 9.13. The van der Waals surface area contributed by atoms with E-state index in [0.29, 0.717) is 12.3 Å². The number of hydrogen-bond donors (Lipinski definition) is 1. The van der Waals surface area contributed by atoms with Crippen molar-refractivity contribution in [3.05, 3.63) is 90.0 Å². The number of nitrogens with one attached hydrogen (secondary N) is 1. The Morgan fingerprint density at radius 2 is 1.57 bits per heavy atom. The summed E-state index contributed by atoms with van der Waals surface area (Å²) >= 11 is 1.64. The van der Waals surface area contributed by atoms with Crippen LogP contribution in [0.5, 0.6) is 5.75 Å². The van der Waals surface area contributed by atoms with Crippen LogP contribution in [0, 0.1) is 5.92 Å². The van der Waals surface area contributed by atoms with Gasteiger partial charge in [-0.25, -0.2) is 0 Å². The van der Waals surface area contributed by atoms with Crippen molar-refractivity contribution in [3.8, 4) is 5.75 Å². The number of hydrogen-bond acceptors (Lipinski definition) is 5. The van der Waals surface area contributed by atoms with Crippen LogP contribution < -0.4 is 15.0 Å². The molecule has 2 aliphatic rings. The Balaban J connectivity index is 1.17. The van der Waals surface area contributed by atoms with E-state index in [1.54, 1.807) is 18.9 Å². The minimum Gasteiger partial charge on any atom is -0.497 e. The van der Waals surface area contributed by atoms with E-state index >= 15 is 0 Å². The van der Waals surface area contributed by atoms with Crippen molar-refractivity contribution in [3.63, 3.8) is 0 Å². The lowest BCUT2D eigenvalue weighted by Crippen LogP contribution is -2.46. The molecule has 1 fully saturated rings. The topological polar surface area (TPSA) is 61.9 Å². The van der Waals surface area contributed by atoms with Gasteiger partial charge in [-0.2, -0.15) is 0 Å². The van der Waals surface area contributed by atoms with Gasteiger partial charge < -0.3 is 19.9 Å². The first kappa shape index (κ1) is 28.2. The van der Waals surface area contributed by atoms with E-state index in [1.807, 2.05) is 41.3 Å². The number of carbonyl (C=O) groups excluding carboxylic acids is 2. The number of nitrogens with zero attached hydrogens (tertiary/aromatic N) is 2. The van der Waals surface area contributed by atoms with Gasteiger partial charge in [-0.1, -0.05) is 60.7 Å². The Hall–Kier alpha value is -3.29. The van der Waals surface area contributed by atoms with E-state index in [9.17, 15) is 9.59 Å². The van der Waals surface area contributed by atoms with Gasteiger partial charge in [0.25, 0.3) is 0 Å². The molecule has 0 radical (unpaired) electrons.